The van der Waals surface area contributed by atoms with Gasteiger partial charge >= 0.3 is 6.03 Å². The largest absolute Gasteiger partial charge is 0.369 e. The Kier molecular flexibility index (Phi) is 6.15. The van der Waals surface area contributed by atoms with E-state index in [1.165, 1.54) is 0 Å². The molecule has 1 aliphatic rings. The van der Waals surface area contributed by atoms with Gasteiger partial charge in [-0.3, -0.25) is 14.9 Å². The summed E-state index contributed by atoms with van der Waals surface area (Å²) in [4.78, 5) is 42.6. The number of hydrogen-bond donors (Lipinski definition) is 3. The van der Waals surface area contributed by atoms with Crippen molar-refractivity contribution in [2.24, 2.45) is 11.7 Å². The number of nitrogens with one attached hydrogen (secondary N) is 2. The molecule has 0 bridgehead atoms. The number of nitrogens with zero attached hydrogens (tertiary/aromatic N) is 2. The molecule has 3 rings (SSSR count). The van der Waals surface area contributed by atoms with Crippen LogP contribution in [0, 0.1) is 12.8 Å². The predicted molar refractivity (Wildman–Crippen MR) is 109 cm³/mol. The van der Waals surface area contributed by atoms with Crippen LogP contribution in [0.1, 0.15) is 28.2 Å². The number of aryl methyl sites for hydroxylation is 1. The molecule has 4 N–H and O–H groups in total. The molecule has 8 nitrogen and oxygen atoms in total. The fourth-order valence-corrected chi connectivity index (χ4v) is 4.10. The van der Waals surface area contributed by atoms with Gasteiger partial charge in [-0.2, -0.15) is 0 Å². The molecule has 0 unspecified atom stereocenters. The SMILES string of the molecule is Cc1nc(NC(=O)Nc2cccc(Cl)c2)sc1C(=O)N1CCC(C(N)=O)CC1. The van der Waals surface area contributed by atoms with Crippen molar-refractivity contribution in [2.75, 3.05) is 23.7 Å². The van der Waals surface area contributed by atoms with Crippen molar-refractivity contribution in [3.63, 3.8) is 0 Å². The highest BCUT2D eigenvalue weighted by molar-refractivity contribution is 7.17. The van der Waals surface area contributed by atoms with Crippen LogP contribution in [-0.2, 0) is 4.79 Å². The number of carbonyl (C=O) groups is 3. The summed E-state index contributed by atoms with van der Waals surface area (Å²) < 4.78 is 0. The predicted octanol–water partition coefficient (Wildman–Crippen LogP) is 3.09. The molecule has 1 aromatic carbocycles. The minimum atomic E-state index is -0.475. The summed E-state index contributed by atoms with van der Waals surface area (Å²) in [5.41, 5.74) is 6.43. The average Bonchev–Trinajstić information content (AvgIpc) is 3.01. The molecule has 28 heavy (non-hydrogen) atoms. The maximum absolute atomic E-state index is 12.8. The van der Waals surface area contributed by atoms with E-state index in [-0.39, 0.29) is 17.7 Å². The Balaban J connectivity index is 1.62. The van der Waals surface area contributed by atoms with Crippen LogP contribution in [0.2, 0.25) is 5.02 Å². The lowest BCUT2D eigenvalue weighted by Gasteiger charge is -2.30. The van der Waals surface area contributed by atoms with Gasteiger partial charge in [-0.25, -0.2) is 9.78 Å². The number of thiazole rings is 1. The lowest BCUT2D eigenvalue weighted by atomic mass is 9.96. The number of aromatic nitrogens is 1. The van der Waals surface area contributed by atoms with Crippen molar-refractivity contribution in [3.05, 3.63) is 39.9 Å². The van der Waals surface area contributed by atoms with Gasteiger partial charge in [0.25, 0.3) is 5.91 Å². The van der Waals surface area contributed by atoms with Crippen LogP contribution in [0.15, 0.2) is 24.3 Å². The van der Waals surface area contributed by atoms with E-state index in [0.717, 1.165) is 11.3 Å². The molecule has 10 heteroatoms. The van der Waals surface area contributed by atoms with Gasteiger partial charge in [-0.1, -0.05) is 29.0 Å². The van der Waals surface area contributed by atoms with Gasteiger partial charge in [0.15, 0.2) is 5.13 Å². The zero-order chi connectivity index (χ0) is 20.3. The van der Waals surface area contributed by atoms with Crippen LogP contribution < -0.4 is 16.4 Å². The van der Waals surface area contributed by atoms with Gasteiger partial charge in [-0.05, 0) is 38.0 Å². The number of halogens is 1. The zero-order valence-electron chi connectivity index (χ0n) is 15.2. The molecule has 0 atom stereocenters. The van der Waals surface area contributed by atoms with Gasteiger partial charge in [0, 0.05) is 29.7 Å². The molecule has 1 aliphatic heterocycles. The molecule has 1 fully saturated rings. The molecular weight excluding hydrogens is 402 g/mol. The third-order valence-electron chi connectivity index (χ3n) is 4.48. The van der Waals surface area contributed by atoms with E-state index in [4.69, 9.17) is 17.3 Å². The summed E-state index contributed by atoms with van der Waals surface area (Å²) in [7, 11) is 0. The van der Waals surface area contributed by atoms with Gasteiger partial charge in [0.1, 0.15) is 4.88 Å². The Bertz CT molecular complexity index is 908. The number of rotatable bonds is 4. The van der Waals surface area contributed by atoms with E-state index in [1.807, 2.05) is 0 Å². The minimum Gasteiger partial charge on any atom is -0.369 e. The van der Waals surface area contributed by atoms with Crippen molar-refractivity contribution in [1.29, 1.82) is 0 Å². The zero-order valence-corrected chi connectivity index (χ0v) is 16.8. The fourth-order valence-electron chi connectivity index (χ4n) is 2.98. The number of hydrogen-bond acceptors (Lipinski definition) is 5. The Morgan fingerprint density at radius 3 is 2.61 bits per heavy atom. The molecule has 2 heterocycles. The summed E-state index contributed by atoms with van der Waals surface area (Å²) >= 11 is 7.02. The van der Waals surface area contributed by atoms with Crippen molar-refractivity contribution in [1.82, 2.24) is 9.88 Å². The number of urea groups is 1. The van der Waals surface area contributed by atoms with Crippen molar-refractivity contribution in [3.8, 4) is 0 Å². The van der Waals surface area contributed by atoms with Crippen LogP contribution in [-0.4, -0.2) is 40.8 Å². The Morgan fingerprint density at radius 1 is 1.25 bits per heavy atom. The molecule has 2 aromatic rings. The Morgan fingerprint density at radius 2 is 1.96 bits per heavy atom. The molecule has 1 saturated heterocycles. The van der Waals surface area contributed by atoms with Gasteiger partial charge in [0.2, 0.25) is 5.91 Å². The number of piperidine rings is 1. The Hall–Kier alpha value is -2.65. The van der Waals surface area contributed by atoms with E-state index in [9.17, 15) is 14.4 Å². The van der Waals surface area contributed by atoms with Crippen LogP contribution in [0.25, 0.3) is 0 Å². The molecular formula is C18H20ClN5O3S. The first-order valence-corrected chi connectivity index (χ1v) is 9.92. The second-order valence-corrected chi connectivity index (χ2v) is 7.93. The average molecular weight is 422 g/mol. The van der Waals surface area contributed by atoms with Crippen molar-refractivity contribution in [2.45, 2.75) is 19.8 Å². The lowest BCUT2D eigenvalue weighted by molar-refractivity contribution is -0.123. The third kappa shape index (κ3) is 4.79. The molecule has 0 radical (unpaired) electrons. The van der Waals surface area contributed by atoms with Crippen molar-refractivity contribution >= 4 is 51.6 Å². The van der Waals surface area contributed by atoms with E-state index in [0.29, 0.717) is 52.3 Å². The normalized spacial score (nSPS) is 14.6. The third-order valence-corrected chi connectivity index (χ3v) is 5.77. The fraction of sp³-hybridized carbons (Fsp3) is 0.333. The lowest BCUT2D eigenvalue weighted by Crippen LogP contribution is -2.41. The maximum Gasteiger partial charge on any atom is 0.325 e. The van der Waals surface area contributed by atoms with Crippen molar-refractivity contribution < 1.29 is 14.4 Å². The number of amides is 4. The first-order chi connectivity index (χ1) is 13.3. The van der Waals surface area contributed by atoms with Gasteiger partial charge < -0.3 is 16.0 Å². The van der Waals surface area contributed by atoms with Crippen LogP contribution in [0.4, 0.5) is 15.6 Å². The van der Waals surface area contributed by atoms with E-state index < -0.39 is 6.03 Å². The summed E-state index contributed by atoms with van der Waals surface area (Å²) in [6, 6.07) is 6.29. The quantitative estimate of drug-likeness (QED) is 0.702. The first kappa shape index (κ1) is 20.1. The smallest absolute Gasteiger partial charge is 0.325 e. The minimum absolute atomic E-state index is 0.152. The van der Waals surface area contributed by atoms with Crippen LogP contribution in [0.3, 0.4) is 0 Å². The highest BCUT2D eigenvalue weighted by Crippen LogP contribution is 2.26. The van der Waals surface area contributed by atoms with Gasteiger partial charge in [-0.15, -0.1) is 0 Å². The summed E-state index contributed by atoms with van der Waals surface area (Å²) in [5, 5.41) is 6.13. The van der Waals surface area contributed by atoms with E-state index in [2.05, 4.69) is 15.6 Å². The highest BCUT2D eigenvalue weighted by Gasteiger charge is 2.28. The molecule has 1 aromatic heterocycles. The number of primary amides is 1. The Labute approximate surface area is 171 Å². The summed E-state index contributed by atoms with van der Waals surface area (Å²) in [6.45, 7) is 2.67. The molecule has 4 amide bonds. The molecule has 0 aliphatic carbocycles. The number of likely N-dealkylation sites (tertiary alicyclic amines) is 1. The first-order valence-electron chi connectivity index (χ1n) is 8.73. The number of anilines is 2. The van der Waals surface area contributed by atoms with Crippen LogP contribution in [0.5, 0.6) is 0 Å². The summed E-state index contributed by atoms with van der Waals surface area (Å²) in [5.74, 6) is -0.654. The number of benzene rings is 1. The summed E-state index contributed by atoms with van der Waals surface area (Å²) in [6.07, 6.45) is 1.12. The maximum atomic E-state index is 12.8. The van der Waals surface area contributed by atoms with Crippen LogP contribution >= 0.6 is 22.9 Å². The van der Waals surface area contributed by atoms with Gasteiger partial charge in [0.05, 0.1) is 5.69 Å². The molecule has 0 spiro atoms. The second-order valence-electron chi connectivity index (χ2n) is 6.49. The second kappa shape index (κ2) is 8.57. The number of carbonyl (C=O) groups excluding carboxylic acids is 3. The monoisotopic (exact) mass is 421 g/mol. The molecule has 148 valence electrons. The number of nitrogens with two attached hydrogens (primary N) is 1. The standard InChI is InChI=1S/C18H20ClN5O3S/c1-10-14(16(26)24-7-5-11(6-8-24)15(20)25)28-18(21-10)23-17(27)22-13-4-2-3-12(19)9-13/h2-4,9,11H,5-8H2,1H3,(H2,20,25)(H2,21,22,23,27). The highest BCUT2D eigenvalue weighted by atomic mass is 35.5. The topological polar surface area (TPSA) is 117 Å². The van der Waals surface area contributed by atoms with E-state index >= 15 is 0 Å². The van der Waals surface area contributed by atoms with E-state index in [1.54, 1.807) is 36.1 Å². The molecule has 0 saturated carbocycles.